The minimum Gasteiger partial charge on any atom is -0.476 e. The number of carbonyl (C=O) groups is 1. The molecule has 1 aromatic heterocycles. The van der Waals surface area contributed by atoms with E-state index in [2.05, 4.69) is 21.0 Å². The van der Waals surface area contributed by atoms with Crippen molar-refractivity contribution in [3.63, 3.8) is 0 Å². The van der Waals surface area contributed by atoms with E-state index >= 15 is 0 Å². The summed E-state index contributed by atoms with van der Waals surface area (Å²) in [7, 11) is 0. The molecule has 0 saturated carbocycles. The molecule has 0 unspecified atom stereocenters. The summed E-state index contributed by atoms with van der Waals surface area (Å²) < 4.78 is 15.5. The van der Waals surface area contributed by atoms with Gasteiger partial charge in [-0.15, -0.1) is 0 Å². The summed E-state index contributed by atoms with van der Waals surface area (Å²) in [5.74, 6) is -1.56. The van der Waals surface area contributed by atoms with Crippen LogP contribution in [0.3, 0.4) is 0 Å². The lowest BCUT2D eigenvalue weighted by Crippen LogP contribution is -2.02. The van der Waals surface area contributed by atoms with E-state index in [-0.39, 0.29) is 5.69 Å². The lowest BCUT2D eigenvalue weighted by Gasteiger charge is -2.06. The Morgan fingerprint density at radius 2 is 2.17 bits per heavy atom. The van der Waals surface area contributed by atoms with E-state index in [1.54, 1.807) is 18.2 Å². The number of aromatic nitrogens is 2. The molecule has 0 aliphatic carbocycles. The Morgan fingerprint density at radius 3 is 2.72 bits per heavy atom. The molecule has 0 saturated heterocycles. The topological polar surface area (TPSA) is 55.1 Å². The third-order valence-electron chi connectivity index (χ3n) is 2.53. The summed E-state index contributed by atoms with van der Waals surface area (Å²) in [6, 6.07) is 6.19. The van der Waals surface area contributed by atoms with Crippen molar-refractivity contribution >= 4 is 21.9 Å². The Morgan fingerprint density at radius 1 is 1.50 bits per heavy atom. The molecule has 0 spiro atoms. The fourth-order valence-electron chi connectivity index (χ4n) is 1.72. The molecule has 0 atom stereocenters. The fraction of sp³-hybridized carbons (Fsp3) is 0.167. The molecule has 4 nitrogen and oxygen atoms in total. The second-order valence-electron chi connectivity index (χ2n) is 3.61. The van der Waals surface area contributed by atoms with Crippen LogP contribution in [0.15, 0.2) is 28.7 Å². The van der Waals surface area contributed by atoms with Crippen LogP contribution < -0.4 is 0 Å². The van der Waals surface area contributed by atoms with Gasteiger partial charge in [-0.05, 0) is 35.0 Å². The van der Waals surface area contributed by atoms with Crippen LogP contribution >= 0.6 is 15.9 Å². The summed E-state index contributed by atoms with van der Waals surface area (Å²) in [6.07, 6.45) is 0. The van der Waals surface area contributed by atoms with Gasteiger partial charge in [0.2, 0.25) is 0 Å². The van der Waals surface area contributed by atoms with Crippen LogP contribution in [0.25, 0.3) is 11.3 Å². The molecule has 1 aromatic carbocycles. The van der Waals surface area contributed by atoms with Gasteiger partial charge in [0.1, 0.15) is 5.82 Å². The zero-order valence-corrected chi connectivity index (χ0v) is 11.1. The van der Waals surface area contributed by atoms with Crippen molar-refractivity contribution in [2.45, 2.75) is 13.5 Å². The minimum absolute atomic E-state index is 0.116. The van der Waals surface area contributed by atoms with Gasteiger partial charge in [0.05, 0.1) is 10.2 Å². The Hall–Kier alpha value is -1.69. The summed E-state index contributed by atoms with van der Waals surface area (Å²) in [4.78, 5) is 11.0. The maximum absolute atomic E-state index is 13.8. The Kier molecular flexibility index (Phi) is 3.47. The van der Waals surface area contributed by atoms with Crippen LogP contribution in [-0.4, -0.2) is 20.9 Å². The molecule has 1 heterocycles. The Balaban J connectivity index is 2.71. The molecule has 0 aliphatic heterocycles. The highest BCUT2D eigenvalue weighted by atomic mass is 79.9. The van der Waals surface area contributed by atoms with Crippen LogP contribution in [0.5, 0.6) is 0 Å². The van der Waals surface area contributed by atoms with Crippen molar-refractivity contribution < 1.29 is 14.3 Å². The number of halogens is 2. The number of aromatic carboxylic acids is 1. The number of aryl methyl sites for hydroxylation is 1. The van der Waals surface area contributed by atoms with Gasteiger partial charge in [-0.1, -0.05) is 12.1 Å². The first kappa shape index (κ1) is 12.8. The van der Waals surface area contributed by atoms with E-state index in [9.17, 15) is 9.18 Å². The zero-order valence-electron chi connectivity index (χ0n) is 9.52. The number of hydrogen-bond donors (Lipinski definition) is 1. The second kappa shape index (κ2) is 4.89. The molecule has 0 radical (unpaired) electrons. The Bertz CT molecular complexity index is 610. The van der Waals surface area contributed by atoms with Crippen molar-refractivity contribution in [2.24, 2.45) is 0 Å². The molecule has 94 valence electrons. The lowest BCUT2D eigenvalue weighted by atomic mass is 10.1. The van der Waals surface area contributed by atoms with Gasteiger partial charge in [0.15, 0.2) is 5.69 Å². The van der Waals surface area contributed by atoms with Crippen molar-refractivity contribution in [3.8, 4) is 11.3 Å². The number of hydrogen-bond acceptors (Lipinski definition) is 2. The van der Waals surface area contributed by atoms with Crippen molar-refractivity contribution in [1.82, 2.24) is 9.78 Å². The summed E-state index contributed by atoms with van der Waals surface area (Å²) >= 11 is 3.18. The summed E-state index contributed by atoms with van der Waals surface area (Å²) in [6.45, 7) is 2.27. The maximum Gasteiger partial charge on any atom is 0.357 e. The highest BCUT2D eigenvalue weighted by molar-refractivity contribution is 9.10. The van der Waals surface area contributed by atoms with Crippen LogP contribution in [0.2, 0.25) is 0 Å². The monoisotopic (exact) mass is 312 g/mol. The number of nitrogens with zero attached hydrogens (tertiary/aromatic N) is 2. The minimum atomic E-state index is -1.15. The van der Waals surface area contributed by atoms with Crippen molar-refractivity contribution in [2.75, 3.05) is 0 Å². The number of carboxylic acids is 1. The van der Waals surface area contributed by atoms with Gasteiger partial charge in [0.25, 0.3) is 0 Å². The molecule has 0 aliphatic rings. The van der Waals surface area contributed by atoms with Gasteiger partial charge in [-0.2, -0.15) is 5.10 Å². The number of benzene rings is 1. The molecule has 18 heavy (non-hydrogen) atoms. The van der Waals surface area contributed by atoms with E-state index in [0.29, 0.717) is 22.3 Å². The SMILES string of the molecule is CCn1nc(C(=O)O)c(Br)c1-c1ccccc1F. The molecule has 0 fully saturated rings. The predicted octanol–water partition coefficient (Wildman–Crippen LogP) is 3.17. The van der Waals surface area contributed by atoms with E-state index < -0.39 is 11.8 Å². The van der Waals surface area contributed by atoms with E-state index in [0.717, 1.165) is 0 Å². The smallest absolute Gasteiger partial charge is 0.357 e. The molecular weight excluding hydrogens is 303 g/mol. The maximum atomic E-state index is 13.8. The predicted molar refractivity (Wildman–Crippen MR) is 68.0 cm³/mol. The van der Waals surface area contributed by atoms with Crippen molar-refractivity contribution in [1.29, 1.82) is 0 Å². The normalized spacial score (nSPS) is 10.6. The van der Waals surface area contributed by atoms with Crippen LogP contribution in [0.4, 0.5) is 4.39 Å². The molecule has 2 aromatic rings. The summed E-state index contributed by atoms with van der Waals surface area (Å²) in [5, 5.41) is 13.0. The van der Waals surface area contributed by atoms with Gasteiger partial charge in [-0.25, -0.2) is 9.18 Å². The number of rotatable bonds is 3. The molecule has 1 N–H and O–H groups in total. The third kappa shape index (κ3) is 2.03. The fourth-order valence-corrected chi connectivity index (χ4v) is 2.38. The second-order valence-corrected chi connectivity index (χ2v) is 4.40. The zero-order chi connectivity index (χ0) is 13.3. The Labute approximate surface area is 111 Å². The van der Waals surface area contributed by atoms with Crippen LogP contribution in [-0.2, 0) is 6.54 Å². The van der Waals surface area contributed by atoms with Crippen LogP contribution in [0.1, 0.15) is 17.4 Å². The highest BCUT2D eigenvalue weighted by Gasteiger charge is 2.22. The van der Waals surface area contributed by atoms with Gasteiger partial charge in [0, 0.05) is 12.1 Å². The first-order valence-corrected chi connectivity index (χ1v) is 6.10. The average molecular weight is 313 g/mol. The average Bonchev–Trinajstić information content (AvgIpc) is 2.67. The van der Waals surface area contributed by atoms with Crippen LogP contribution in [0, 0.1) is 5.82 Å². The molecule has 0 bridgehead atoms. The number of carboxylic acid groups (broad SMARTS) is 1. The van der Waals surface area contributed by atoms with Crippen molar-refractivity contribution in [3.05, 3.63) is 40.2 Å². The van der Waals surface area contributed by atoms with E-state index in [1.165, 1.54) is 10.7 Å². The first-order valence-electron chi connectivity index (χ1n) is 5.30. The standard InChI is InChI=1S/C12H10BrFN2O2/c1-2-16-11(7-5-3-4-6-8(7)14)9(13)10(15-16)12(17)18/h3-6H,2H2,1H3,(H,17,18). The largest absolute Gasteiger partial charge is 0.476 e. The molecule has 6 heteroatoms. The quantitative estimate of drug-likeness (QED) is 0.947. The summed E-state index contributed by atoms with van der Waals surface area (Å²) in [5.41, 5.74) is 0.648. The highest BCUT2D eigenvalue weighted by Crippen LogP contribution is 2.32. The molecule has 0 amide bonds. The molecule has 2 rings (SSSR count). The molecular formula is C12H10BrFN2O2. The van der Waals surface area contributed by atoms with Gasteiger partial charge >= 0.3 is 5.97 Å². The lowest BCUT2D eigenvalue weighted by molar-refractivity contribution is 0.0688. The van der Waals surface area contributed by atoms with E-state index in [4.69, 9.17) is 5.11 Å². The first-order chi connectivity index (χ1) is 8.56. The van der Waals surface area contributed by atoms with Gasteiger partial charge in [-0.3, -0.25) is 4.68 Å². The van der Waals surface area contributed by atoms with E-state index in [1.807, 2.05) is 6.92 Å². The van der Waals surface area contributed by atoms with Gasteiger partial charge < -0.3 is 5.11 Å². The third-order valence-corrected chi connectivity index (χ3v) is 3.28.